The number of hydrogen-bond acceptors (Lipinski definition) is 3. The monoisotopic (exact) mass is 468 g/mol. The molecule has 0 unspecified atom stereocenters. The van der Waals surface area contributed by atoms with Crippen LogP contribution in [0.2, 0.25) is 0 Å². The summed E-state index contributed by atoms with van der Waals surface area (Å²) in [5, 5.41) is 5.91. The van der Waals surface area contributed by atoms with Gasteiger partial charge in [0.05, 0.1) is 16.9 Å². The fraction of sp³-hybridized carbons (Fsp3) is 0.0385. The van der Waals surface area contributed by atoms with Gasteiger partial charge in [-0.25, -0.2) is 4.68 Å². The van der Waals surface area contributed by atoms with Gasteiger partial charge in [0.25, 0.3) is 0 Å². The van der Waals surface area contributed by atoms with Crippen molar-refractivity contribution in [1.82, 2.24) is 9.78 Å². The molecule has 4 aromatic carbocycles. The Hall–Kier alpha value is -3.57. The number of benzene rings is 4. The zero-order valence-electron chi connectivity index (χ0n) is 16.7. The minimum absolute atomic E-state index is 0.532. The second kappa shape index (κ2) is 7.60. The molecular weight excluding hydrogens is 448 g/mol. The quantitative estimate of drug-likeness (QED) is 0.258. The number of halogens is 1. The van der Waals surface area contributed by atoms with E-state index in [1.165, 1.54) is 0 Å². The maximum Gasteiger partial charge on any atom is 0.138 e. The molecule has 1 heterocycles. The summed E-state index contributed by atoms with van der Waals surface area (Å²) in [6.45, 7) is 0. The largest absolute Gasteiger partial charge is 0.397 e. The van der Waals surface area contributed by atoms with Gasteiger partial charge < -0.3 is 11.5 Å². The van der Waals surface area contributed by atoms with Crippen LogP contribution in [0.1, 0.15) is 16.7 Å². The highest BCUT2D eigenvalue weighted by Crippen LogP contribution is 2.44. The van der Waals surface area contributed by atoms with Gasteiger partial charge in [0.2, 0.25) is 0 Å². The number of nitrogens with zero attached hydrogens (tertiary/aromatic N) is 2. The fourth-order valence-corrected chi connectivity index (χ4v) is 4.79. The summed E-state index contributed by atoms with van der Waals surface area (Å²) >= 11 is 3.66. The Kier molecular flexibility index (Phi) is 4.75. The van der Waals surface area contributed by atoms with Crippen LogP contribution in [0, 0.1) is 0 Å². The van der Waals surface area contributed by atoms with Gasteiger partial charge in [0, 0.05) is 5.39 Å². The average molecular weight is 469 g/mol. The standard InChI is InChI=1S/C26H21BrN4/c27-25-21-16-22(28)23(29)17-24(21)31(30-25)26(18-10-4-1-5-11-18,19-12-6-2-7-13-19)20-14-8-3-9-15-20/h1-17H,28-29H2. The van der Waals surface area contributed by atoms with E-state index in [-0.39, 0.29) is 0 Å². The van der Waals surface area contributed by atoms with E-state index in [0.717, 1.165) is 32.2 Å². The van der Waals surface area contributed by atoms with Crippen LogP contribution in [-0.4, -0.2) is 9.78 Å². The van der Waals surface area contributed by atoms with Gasteiger partial charge in [-0.15, -0.1) is 0 Å². The van der Waals surface area contributed by atoms with Gasteiger partial charge in [0.1, 0.15) is 10.1 Å². The van der Waals surface area contributed by atoms with Crippen LogP contribution in [-0.2, 0) is 5.54 Å². The zero-order valence-corrected chi connectivity index (χ0v) is 18.3. The number of nitrogen functional groups attached to an aromatic ring is 2. The minimum atomic E-state index is -0.712. The first-order valence-corrected chi connectivity index (χ1v) is 10.8. The second-order valence-electron chi connectivity index (χ2n) is 7.51. The van der Waals surface area contributed by atoms with Gasteiger partial charge in [-0.1, -0.05) is 91.0 Å². The van der Waals surface area contributed by atoms with Crippen molar-refractivity contribution < 1.29 is 0 Å². The molecule has 4 nitrogen and oxygen atoms in total. The second-order valence-corrected chi connectivity index (χ2v) is 8.26. The van der Waals surface area contributed by atoms with Crippen LogP contribution in [0.5, 0.6) is 0 Å². The van der Waals surface area contributed by atoms with E-state index in [0.29, 0.717) is 11.4 Å². The predicted octanol–water partition coefficient (Wildman–Crippen LogP) is 5.80. The van der Waals surface area contributed by atoms with Crippen LogP contribution in [0.25, 0.3) is 10.9 Å². The van der Waals surface area contributed by atoms with Crippen molar-refractivity contribution in [2.24, 2.45) is 0 Å². The summed E-state index contributed by atoms with van der Waals surface area (Å²) in [5.41, 5.74) is 16.9. The molecule has 5 aromatic rings. The average Bonchev–Trinajstić information content (AvgIpc) is 3.12. The van der Waals surface area contributed by atoms with Crippen LogP contribution in [0.15, 0.2) is 108 Å². The Bertz CT molecular complexity index is 1250. The van der Waals surface area contributed by atoms with Crippen molar-refractivity contribution in [2.45, 2.75) is 5.54 Å². The molecule has 152 valence electrons. The van der Waals surface area contributed by atoms with Crippen LogP contribution in [0.4, 0.5) is 11.4 Å². The third-order valence-electron chi connectivity index (χ3n) is 5.73. The molecule has 0 aliphatic heterocycles. The molecular formula is C26H21BrN4. The predicted molar refractivity (Wildman–Crippen MR) is 131 cm³/mol. The molecule has 5 heteroatoms. The molecule has 4 N–H and O–H groups in total. The number of anilines is 2. The summed E-state index contributed by atoms with van der Waals surface area (Å²) in [6.07, 6.45) is 0. The van der Waals surface area contributed by atoms with Gasteiger partial charge in [-0.3, -0.25) is 0 Å². The van der Waals surface area contributed by atoms with Gasteiger partial charge >= 0.3 is 0 Å². The third-order valence-corrected chi connectivity index (χ3v) is 6.32. The first-order chi connectivity index (χ1) is 15.1. The first kappa shape index (κ1) is 19.4. The lowest BCUT2D eigenvalue weighted by molar-refractivity contribution is 0.474. The smallest absolute Gasteiger partial charge is 0.138 e. The molecule has 0 aliphatic carbocycles. The van der Waals surface area contributed by atoms with Crippen molar-refractivity contribution >= 4 is 38.2 Å². The Morgan fingerprint density at radius 2 is 1.06 bits per heavy atom. The van der Waals surface area contributed by atoms with E-state index in [1.54, 1.807) is 0 Å². The molecule has 0 radical (unpaired) electrons. The van der Waals surface area contributed by atoms with E-state index in [4.69, 9.17) is 16.6 Å². The van der Waals surface area contributed by atoms with Crippen LogP contribution in [0.3, 0.4) is 0 Å². The van der Waals surface area contributed by atoms with Crippen molar-refractivity contribution in [3.63, 3.8) is 0 Å². The SMILES string of the molecule is Nc1cc2c(Br)nn(C(c3ccccc3)(c3ccccc3)c3ccccc3)c2cc1N. The number of hydrogen-bond donors (Lipinski definition) is 2. The van der Waals surface area contributed by atoms with Crippen molar-refractivity contribution in [2.75, 3.05) is 11.5 Å². The van der Waals surface area contributed by atoms with Crippen molar-refractivity contribution in [3.05, 3.63) is 124 Å². The summed E-state index contributed by atoms with van der Waals surface area (Å²) in [5.74, 6) is 0. The summed E-state index contributed by atoms with van der Waals surface area (Å²) in [7, 11) is 0. The molecule has 0 amide bonds. The lowest BCUT2D eigenvalue weighted by Crippen LogP contribution is -2.38. The third kappa shape index (κ3) is 3.01. The summed E-state index contributed by atoms with van der Waals surface area (Å²) < 4.78 is 2.78. The summed E-state index contributed by atoms with van der Waals surface area (Å²) in [4.78, 5) is 0. The molecule has 0 spiro atoms. The molecule has 0 fully saturated rings. The van der Waals surface area contributed by atoms with Crippen molar-refractivity contribution in [1.29, 1.82) is 0 Å². The number of rotatable bonds is 4. The lowest BCUT2D eigenvalue weighted by Gasteiger charge is -2.37. The highest BCUT2D eigenvalue weighted by Gasteiger charge is 2.40. The Balaban J connectivity index is 1.99. The number of nitrogens with two attached hydrogens (primary N) is 2. The fourth-order valence-electron chi connectivity index (χ4n) is 4.32. The summed E-state index contributed by atoms with van der Waals surface area (Å²) in [6, 6.07) is 35.1. The molecule has 0 aliphatic rings. The molecule has 0 bridgehead atoms. The zero-order chi connectivity index (χ0) is 21.4. The normalized spacial score (nSPS) is 11.6. The first-order valence-electron chi connectivity index (χ1n) is 10.0. The Morgan fingerprint density at radius 3 is 1.52 bits per heavy atom. The maximum atomic E-state index is 6.24. The molecule has 5 rings (SSSR count). The molecule has 1 aromatic heterocycles. The number of aromatic nitrogens is 2. The topological polar surface area (TPSA) is 69.9 Å². The van der Waals surface area contributed by atoms with E-state index in [9.17, 15) is 0 Å². The van der Waals surface area contributed by atoms with E-state index in [2.05, 4.69) is 93.4 Å². The van der Waals surface area contributed by atoms with Gasteiger partial charge in [-0.2, -0.15) is 5.10 Å². The highest BCUT2D eigenvalue weighted by atomic mass is 79.9. The van der Waals surface area contributed by atoms with Gasteiger partial charge in [0.15, 0.2) is 0 Å². The molecule has 31 heavy (non-hydrogen) atoms. The molecule has 0 atom stereocenters. The minimum Gasteiger partial charge on any atom is -0.397 e. The molecule has 0 saturated heterocycles. The van der Waals surface area contributed by atoms with E-state index < -0.39 is 5.54 Å². The van der Waals surface area contributed by atoms with Crippen LogP contribution < -0.4 is 11.5 Å². The Morgan fingerprint density at radius 1 is 0.645 bits per heavy atom. The van der Waals surface area contributed by atoms with Gasteiger partial charge in [-0.05, 0) is 44.8 Å². The maximum absolute atomic E-state index is 6.24. The number of fused-ring (bicyclic) bond motifs is 1. The van der Waals surface area contributed by atoms with Crippen LogP contribution >= 0.6 is 15.9 Å². The highest BCUT2D eigenvalue weighted by molar-refractivity contribution is 9.10. The van der Waals surface area contributed by atoms with Crippen molar-refractivity contribution in [3.8, 4) is 0 Å². The Labute approximate surface area is 189 Å². The van der Waals surface area contributed by atoms with E-state index in [1.807, 2.05) is 30.3 Å². The lowest BCUT2D eigenvalue weighted by atomic mass is 9.77. The van der Waals surface area contributed by atoms with E-state index >= 15 is 0 Å². The molecule has 0 saturated carbocycles.